The van der Waals surface area contributed by atoms with E-state index in [1.165, 1.54) is 19.4 Å². The molecule has 4 heteroatoms. The van der Waals surface area contributed by atoms with Crippen LogP contribution >= 0.6 is 0 Å². The molecule has 0 radical (unpaired) electrons. The van der Waals surface area contributed by atoms with Crippen LogP contribution < -0.4 is 0 Å². The summed E-state index contributed by atoms with van der Waals surface area (Å²) < 4.78 is 9.73. The predicted octanol–water partition coefficient (Wildman–Crippen LogP) is 1.29. The minimum absolute atomic E-state index is 0.124. The number of allylic oxidation sites excluding steroid dienone is 3. The van der Waals surface area contributed by atoms with E-state index in [1.807, 2.05) is 0 Å². The molecule has 0 N–H and O–H groups in total. The average Bonchev–Trinajstić information content (AvgIpc) is 2.16. The number of methoxy groups -OCH3 is 1. The Kier molecular flexibility index (Phi) is 6.45. The van der Waals surface area contributed by atoms with E-state index >= 15 is 0 Å². The Morgan fingerprint density at radius 1 is 1.62 bits per heavy atom. The molecule has 0 amide bonds. The molecule has 0 aliphatic carbocycles. The van der Waals surface area contributed by atoms with Crippen LogP contribution in [0, 0.1) is 0 Å². The molecular formula is C9H13NO3. The topological polar surface area (TPSA) is 47.9 Å². The molecule has 0 aliphatic rings. The van der Waals surface area contributed by atoms with Gasteiger partial charge >= 0.3 is 0 Å². The summed E-state index contributed by atoms with van der Waals surface area (Å²) in [4.78, 5) is 14.0. The van der Waals surface area contributed by atoms with E-state index in [1.54, 1.807) is 6.92 Å². The van der Waals surface area contributed by atoms with Gasteiger partial charge in [-0.1, -0.05) is 0 Å². The fourth-order valence-corrected chi connectivity index (χ4v) is 0.603. The zero-order valence-electron chi connectivity index (χ0n) is 7.82. The van der Waals surface area contributed by atoms with Gasteiger partial charge in [-0.05, 0) is 19.7 Å². The fraction of sp³-hybridized carbons (Fsp3) is 0.333. The number of aliphatic imine (C=N–C) groups is 1. The Morgan fingerprint density at radius 2 is 2.31 bits per heavy atom. The number of aldehydes is 1. The standard InChI is InChI=1S/C9H13NO3/c1-8(13-7-12-3)9(6-11)4-5-10-2/h4-6H,2,7H2,1,3H3/b5-4-,9-8-. The summed E-state index contributed by atoms with van der Waals surface area (Å²) in [5.74, 6) is 0.497. The lowest BCUT2D eigenvalue weighted by atomic mass is 10.2. The van der Waals surface area contributed by atoms with Crippen molar-refractivity contribution in [1.82, 2.24) is 0 Å². The zero-order valence-corrected chi connectivity index (χ0v) is 7.82. The number of hydrogen-bond acceptors (Lipinski definition) is 4. The molecule has 0 aliphatic heterocycles. The van der Waals surface area contributed by atoms with Crippen molar-refractivity contribution in [3.63, 3.8) is 0 Å². The molecule has 4 nitrogen and oxygen atoms in total. The van der Waals surface area contributed by atoms with Gasteiger partial charge in [0.25, 0.3) is 0 Å². The molecule has 13 heavy (non-hydrogen) atoms. The molecule has 0 atom stereocenters. The van der Waals surface area contributed by atoms with E-state index in [4.69, 9.17) is 4.74 Å². The normalized spacial score (nSPS) is 12.5. The summed E-state index contributed by atoms with van der Waals surface area (Å²) >= 11 is 0. The number of nitrogens with zero attached hydrogens (tertiary/aromatic N) is 1. The first-order chi connectivity index (χ1) is 6.26. The van der Waals surface area contributed by atoms with Crippen LogP contribution in [0.4, 0.5) is 0 Å². The number of hydrogen-bond donors (Lipinski definition) is 0. The second kappa shape index (κ2) is 7.24. The summed E-state index contributed by atoms with van der Waals surface area (Å²) in [5, 5.41) is 0. The second-order valence-corrected chi connectivity index (χ2v) is 2.18. The lowest BCUT2D eigenvalue weighted by molar-refractivity contribution is -0.105. The molecule has 72 valence electrons. The van der Waals surface area contributed by atoms with E-state index in [9.17, 15) is 4.79 Å². The molecule has 0 rings (SSSR count). The van der Waals surface area contributed by atoms with Gasteiger partial charge in [-0.3, -0.25) is 9.79 Å². The Hall–Kier alpha value is -1.42. The summed E-state index contributed by atoms with van der Waals surface area (Å²) in [6.45, 7) is 5.05. The molecule has 0 aromatic heterocycles. The SMILES string of the molecule is C=N/C=C\C(C=O)=C(/C)OCOC. The molecule has 0 aromatic carbocycles. The van der Waals surface area contributed by atoms with Crippen LogP contribution in [0.15, 0.2) is 28.6 Å². The predicted molar refractivity (Wildman–Crippen MR) is 50.4 cm³/mol. The van der Waals surface area contributed by atoms with Gasteiger partial charge in [0.15, 0.2) is 13.1 Å². The first-order valence-electron chi connectivity index (χ1n) is 3.66. The third-order valence-corrected chi connectivity index (χ3v) is 1.29. The summed E-state index contributed by atoms with van der Waals surface area (Å²) in [7, 11) is 1.51. The highest BCUT2D eigenvalue weighted by molar-refractivity contribution is 5.78. The number of rotatable bonds is 6. The maximum atomic E-state index is 10.5. The Morgan fingerprint density at radius 3 is 2.77 bits per heavy atom. The summed E-state index contributed by atoms with van der Waals surface area (Å²) in [6, 6.07) is 0. The molecule has 0 aromatic rings. The number of carbonyl (C=O) groups is 1. The Balaban J connectivity index is 4.38. The molecule has 0 saturated heterocycles. The van der Waals surface area contributed by atoms with Crippen LogP contribution in [0.2, 0.25) is 0 Å². The van der Waals surface area contributed by atoms with Crippen LogP contribution in [0.25, 0.3) is 0 Å². The zero-order chi connectivity index (χ0) is 10.1. The number of carbonyl (C=O) groups excluding carboxylic acids is 1. The molecule has 0 saturated carbocycles. The highest BCUT2D eigenvalue weighted by Crippen LogP contribution is 2.04. The van der Waals surface area contributed by atoms with Gasteiger partial charge in [-0.25, -0.2) is 0 Å². The molecule has 0 fully saturated rings. The maximum absolute atomic E-state index is 10.5. The van der Waals surface area contributed by atoms with Crippen molar-refractivity contribution in [1.29, 1.82) is 0 Å². The van der Waals surface area contributed by atoms with Crippen molar-refractivity contribution < 1.29 is 14.3 Å². The molecule has 0 spiro atoms. The van der Waals surface area contributed by atoms with Crippen molar-refractivity contribution in [2.45, 2.75) is 6.92 Å². The fourth-order valence-electron chi connectivity index (χ4n) is 0.603. The van der Waals surface area contributed by atoms with Gasteiger partial charge in [0.1, 0.15) is 5.76 Å². The Labute approximate surface area is 77.6 Å². The van der Waals surface area contributed by atoms with Gasteiger partial charge in [0.05, 0.1) is 5.57 Å². The van der Waals surface area contributed by atoms with E-state index in [0.29, 0.717) is 17.6 Å². The van der Waals surface area contributed by atoms with Gasteiger partial charge < -0.3 is 9.47 Å². The van der Waals surface area contributed by atoms with Crippen molar-refractivity contribution in [3.8, 4) is 0 Å². The molecule has 0 unspecified atom stereocenters. The lowest BCUT2D eigenvalue weighted by Crippen LogP contribution is -1.97. The Bertz CT molecular complexity index is 231. The van der Waals surface area contributed by atoms with Gasteiger partial charge in [-0.15, -0.1) is 0 Å². The van der Waals surface area contributed by atoms with Crippen LogP contribution in [-0.2, 0) is 14.3 Å². The van der Waals surface area contributed by atoms with Crippen LogP contribution in [-0.4, -0.2) is 26.9 Å². The smallest absolute Gasteiger partial charge is 0.188 e. The highest BCUT2D eigenvalue weighted by atomic mass is 16.7. The van der Waals surface area contributed by atoms with Crippen LogP contribution in [0.3, 0.4) is 0 Å². The molecule has 0 heterocycles. The van der Waals surface area contributed by atoms with Crippen molar-refractivity contribution in [2.75, 3.05) is 13.9 Å². The van der Waals surface area contributed by atoms with E-state index in [2.05, 4.69) is 16.4 Å². The largest absolute Gasteiger partial charge is 0.471 e. The first kappa shape index (κ1) is 11.6. The lowest BCUT2D eigenvalue weighted by Gasteiger charge is -2.05. The minimum atomic E-state index is 0.124. The maximum Gasteiger partial charge on any atom is 0.188 e. The number of ether oxygens (including phenoxy) is 2. The highest BCUT2D eigenvalue weighted by Gasteiger charge is 1.97. The second-order valence-electron chi connectivity index (χ2n) is 2.18. The van der Waals surface area contributed by atoms with Crippen molar-refractivity contribution in [3.05, 3.63) is 23.6 Å². The van der Waals surface area contributed by atoms with Gasteiger partial charge in [0, 0.05) is 13.3 Å². The summed E-state index contributed by atoms with van der Waals surface area (Å²) in [5.41, 5.74) is 0.421. The average molecular weight is 183 g/mol. The van der Waals surface area contributed by atoms with Crippen molar-refractivity contribution >= 4 is 13.0 Å². The van der Waals surface area contributed by atoms with Crippen LogP contribution in [0.1, 0.15) is 6.92 Å². The van der Waals surface area contributed by atoms with Gasteiger partial charge in [0.2, 0.25) is 0 Å². The van der Waals surface area contributed by atoms with E-state index in [-0.39, 0.29) is 6.79 Å². The van der Waals surface area contributed by atoms with Crippen LogP contribution in [0.5, 0.6) is 0 Å². The molecular weight excluding hydrogens is 170 g/mol. The third kappa shape index (κ3) is 4.92. The van der Waals surface area contributed by atoms with E-state index < -0.39 is 0 Å². The van der Waals surface area contributed by atoms with Crippen molar-refractivity contribution in [2.24, 2.45) is 4.99 Å². The van der Waals surface area contributed by atoms with E-state index in [0.717, 1.165) is 0 Å². The third-order valence-electron chi connectivity index (χ3n) is 1.29. The first-order valence-corrected chi connectivity index (χ1v) is 3.66. The minimum Gasteiger partial charge on any atom is -0.471 e. The molecule has 0 bridgehead atoms. The van der Waals surface area contributed by atoms with Gasteiger partial charge in [-0.2, -0.15) is 0 Å². The monoisotopic (exact) mass is 183 g/mol. The quantitative estimate of drug-likeness (QED) is 0.156. The summed E-state index contributed by atoms with van der Waals surface area (Å²) in [6.07, 6.45) is 3.63.